The van der Waals surface area contributed by atoms with E-state index >= 15 is 0 Å². The average Bonchev–Trinajstić information content (AvgIpc) is 2.72. The topological polar surface area (TPSA) is 46.0 Å². The molecule has 0 aliphatic carbocycles. The fraction of sp³-hybridized carbons (Fsp3) is 0. The van der Waals surface area contributed by atoms with Crippen molar-refractivity contribution in [1.82, 2.24) is 14.9 Å². The van der Waals surface area contributed by atoms with E-state index in [-0.39, 0.29) is 0 Å². The molecule has 0 unspecified atom stereocenters. The summed E-state index contributed by atoms with van der Waals surface area (Å²) in [5.41, 5.74) is 1.13. The van der Waals surface area contributed by atoms with Crippen LogP contribution >= 0.6 is 12.2 Å². The van der Waals surface area contributed by atoms with Gasteiger partial charge in [-0.15, -0.1) is 0 Å². The lowest BCUT2D eigenvalue weighted by Gasteiger charge is -1.89. The molecule has 16 heavy (non-hydrogen) atoms. The largest absolute Gasteiger partial charge is 0.250 e. The lowest BCUT2D eigenvalue weighted by Crippen LogP contribution is -1.85. The van der Waals surface area contributed by atoms with Crippen molar-refractivity contribution in [2.45, 2.75) is 0 Å². The van der Waals surface area contributed by atoms with Gasteiger partial charge < -0.3 is 0 Å². The molecule has 1 N–H and O–H groups in total. The van der Waals surface area contributed by atoms with E-state index in [1.54, 1.807) is 6.21 Å². The molecule has 0 aliphatic rings. The van der Waals surface area contributed by atoms with Gasteiger partial charge in [0.1, 0.15) is 6.33 Å². The Bertz CT molecular complexity index is 551. The zero-order chi connectivity index (χ0) is 11.2. The highest BCUT2D eigenvalue weighted by atomic mass is 32.1. The summed E-state index contributed by atoms with van der Waals surface area (Å²) in [6.07, 6.45) is 7.00. The molecule has 0 amide bonds. The Balaban J connectivity index is 2.03. The lowest BCUT2D eigenvalue weighted by molar-refractivity contribution is 0.863. The van der Waals surface area contributed by atoms with Crippen LogP contribution in [-0.4, -0.2) is 21.1 Å². The summed E-state index contributed by atoms with van der Waals surface area (Å²) in [7, 11) is 0. The Morgan fingerprint density at radius 3 is 2.81 bits per heavy atom. The Hall–Kier alpha value is -2.01. The van der Waals surface area contributed by atoms with Crippen LogP contribution in [0.1, 0.15) is 5.56 Å². The van der Waals surface area contributed by atoms with Gasteiger partial charge in [-0.05, 0) is 23.9 Å². The number of nitrogens with zero attached hydrogens (tertiary/aromatic N) is 3. The molecule has 0 radical (unpaired) electrons. The zero-order valence-corrected chi connectivity index (χ0v) is 9.26. The number of aromatic nitrogens is 3. The van der Waals surface area contributed by atoms with Gasteiger partial charge in [-0.2, -0.15) is 14.9 Å². The first-order chi connectivity index (χ1) is 7.86. The molecule has 1 aromatic heterocycles. The van der Waals surface area contributed by atoms with Gasteiger partial charge in [0.05, 0.1) is 0 Å². The second-order valence-electron chi connectivity index (χ2n) is 3.04. The molecule has 2 rings (SSSR count). The maximum Gasteiger partial charge on any atom is 0.216 e. The molecule has 80 valence electrons. The normalized spacial score (nSPS) is 11.5. The van der Waals surface area contributed by atoms with E-state index in [4.69, 9.17) is 12.2 Å². The number of aromatic amines is 1. The van der Waals surface area contributed by atoms with Crippen molar-refractivity contribution in [3.63, 3.8) is 0 Å². The standard InChI is InChI=1S/C11H10N4S/c16-11-14-12-9-15(11)13-8-4-7-10-5-2-1-3-6-10/h1-9H,(H,14,16)/b7-4-,13-8+. The van der Waals surface area contributed by atoms with Gasteiger partial charge in [-0.1, -0.05) is 36.4 Å². The van der Waals surface area contributed by atoms with Crippen molar-refractivity contribution in [2.24, 2.45) is 5.10 Å². The van der Waals surface area contributed by atoms with Crippen molar-refractivity contribution in [3.8, 4) is 0 Å². The van der Waals surface area contributed by atoms with Crippen LogP contribution in [0.15, 0.2) is 47.8 Å². The molecule has 0 aliphatic heterocycles. The van der Waals surface area contributed by atoms with Crippen LogP contribution in [0.3, 0.4) is 0 Å². The molecule has 2 aromatic rings. The number of hydrogen-bond donors (Lipinski definition) is 1. The van der Waals surface area contributed by atoms with Crippen LogP contribution in [0.25, 0.3) is 6.08 Å². The maximum atomic E-state index is 4.94. The van der Waals surface area contributed by atoms with Crippen molar-refractivity contribution >= 4 is 24.5 Å². The van der Waals surface area contributed by atoms with Crippen molar-refractivity contribution in [2.75, 3.05) is 0 Å². The Kier molecular flexibility index (Phi) is 3.40. The molecule has 1 aromatic carbocycles. The molecule has 0 fully saturated rings. The summed E-state index contributed by atoms with van der Waals surface area (Å²) in [5, 5.41) is 10.5. The smallest absolute Gasteiger partial charge is 0.216 e. The Morgan fingerprint density at radius 2 is 2.12 bits per heavy atom. The molecule has 0 spiro atoms. The quantitative estimate of drug-likeness (QED) is 0.650. The fourth-order valence-corrected chi connectivity index (χ4v) is 1.30. The van der Waals surface area contributed by atoms with Gasteiger partial charge in [-0.25, -0.2) is 0 Å². The minimum atomic E-state index is 0.476. The second-order valence-corrected chi connectivity index (χ2v) is 3.43. The van der Waals surface area contributed by atoms with E-state index in [1.807, 2.05) is 42.5 Å². The molecule has 0 saturated carbocycles. The van der Waals surface area contributed by atoms with Crippen molar-refractivity contribution in [1.29, 1.82) is 0 Å². The van der Waals surface area contributed by atoms with Crippen LogP contribution < -0.4 is 0 Å². The fourth-order valence-electron chi connectivity index (χ4n) is 1.15. The van der Waals surface area contributed by atoms with E-state index in [0.717, 1.165) is 5.56 Å². The van der Waals surface area contributed by atoms with Crippen molar-refractivity contribution < 1.29 is 0 Å². The average molecular weight is 230 g/mol. The summed E-state index contributed by atoms with van der Waals surface area (Å²) in [6, 6.07) is 10.0. The van der Waals surface area contributed by atoms with E-state index in [0.29, 0.717) is 4.77 Å². The third kappa shape index (κ3) is 2.74. The highest BCUT2D eigenvalue weighted by Crippen LogP contribution is 1.99. The molecule has 4 nitrogen and oxygen atoms in total. The third-order valence-corrected chi connectivity index (χ3v) is 2.18. The van der Waals surface area contributed by atoms with Crippen LogP contribution in [-0.2, 0) is 0 Å². The monoisotopic (exact) mass is 230 g/mol. The van der Waals surface area contributed by atoms with Gasteiger partial charge in [-0.3, -0.25) is 5.10 Å². The van der Waals surface area contributed by atoms with Crippen LogP contribution in [0.2, 0.25) is 0 Å². The highest BCUT2D eigenvalue weighted by molar-refractivity contribution is 7.71. The molecule has 0 atom stereocenters. The lowest BCUT2D eigenvalue weighted by atomic mass is 10.2. The molecule has 0 saturated heterocycles. The predicted octanol–water partition coefficient (Wildman–Crippen LogP) is 2.49. The third-order valence-electron chi connectivity index (χ3n) is 1.90. The summed E-state index contributed by atoms with van der Waals surface area (Å²) in [4.78, 5) is 0. The molecule has 0 bridgehead atoms. The molecular formula is C11H10N4S. The number of nitrogens with one attached hydrogen (secondary N) is 1. The van der Waals surface area contributed by atoms with Gasteiger partial charge in [0.25, 0.3) is 0 Å². The number of hydrogen-bond acceptors (Lipinski definition) is 3. The van der Waals surface area contributed by atoms with E-state index in [9.17, 15) is 0 Å². The number of rotatable bonds is 3. The van der Waals surface area contributed by atoms with Gasteiger partial charge >= 0.3 is 0 Å². The maximum absolute atomic E-state index is 4.94. The first-order valence-corrected chi connectivity index (χ1v) is 5.15. The molecular weight excluding hydrogens is 220 g/mol. The van der Waals surface area contributed by atoms with E-state index < -0.39 is 0 Å². The number of allylic oxidation sites excluding steroid dienone is 1. The molecule has 5 heteroatoms. The molecule has 1 heterocycles. The number of H-pyrrole nitrogens is 1. The van der Waals surface area contributed by atoms with E-state index in [1.165, 1.54) is 11.0 Å². The van der Waals surface area contributed by atoms with Crippen molar-refractivity contribution in [3.05, 3.63) is 53.1 Å². The highest BCUT2D eigenvalue weighted by Gasteiger charge is 1.85. The zero-order valence-electron chi connectivity index (χ0n) is 8.45. The summed E-state index contributed by atoms with van der Waals surface area (Å²) in [6.45, 7) is 0. The number of benzene rings is 1. The second kappa shape index (κ2) is 5.18. The summed E-state index contributed by atoms with van der Waals surface area (Å²) >= 11 is 4.94. The predicted molar refractivity (Wildman–Crippen MR) is 66.8 cm³/mol. The first-order valence-electron chi connectivity index (χ1n) is 4.74. The minimum absolute atomic E-state index is 0.476. The minimum Gasteiger partial charge on any atom is -0.250 e. The van der Waals surface area contributed by atoms with E-state index in [2.05, 4.69) is 15.3 Å². The Labute approximate surface area is 97.9 Å². The first kappa shape index (κ1) is 10.5. The van der Waals surface area contributed by atoms with Gasteiger partial charge in [0.15, 0.2) is 0 Å². The SMILES string of the molecule is S=c1[nH]ncn1/N=C/C=C\c1ccccc1. The Morgan fingerprint density at radius 1 is 1.31 bits per heavy atom. The van der Waals surface area contributed by atoms with Gasteiger partial charge in [0.2, 0.25) is 4.77 Å². The summed E-state index contributed by atoms with van der Waals surface area (Å²) in [5.74, 6) is 0. The summed E-state index contributed by atoms with van der Waals surface area (Å²) < 4.78 is 1.97. The van der Waals surface area contributed by atoms with Gasteiger partial charge in [0, 0.05) is 6.21 Å². The van der Waals surface area contributed by atoms with Crippen LogP contribution in [0, 0.1) is 4.77 Å². The van der Waals surface area contributed by atoms with Crippen LogP contribution in [0.4, 0.5) is 0 Å². The van der Waals surface area contributed by atoms with Crippen LogP contribution in [0.5, 0.6) is 0 Å².